The van der Waals surface area contributed by atoms with Crippen LogP contribution in [-0.2, 0) is 19.1 Å². The van der Waals surface area contributed by atoms with E-state index in [1.165, 1.54) is 0 Å². The van der Waals surface area contributed by atoms with Gasteiger partial charge in [-0.3, -0.25) is 9.59 Å². The van der Waals surface area contributed by atoms with Gasteiger partial charge in [0.05, 0.1) is 0 Å². The monoisotopic (exact) mass is 222 g/mol. The molecular weight excluding hydrogens is 208 g/mol. The van der Waals surface area contributed by atoms with Crippen LogP contribution in [0.25, 0.3) is 0 Å². The van der Waals surface area contributed by atoms with Gasteiger partial charge in [-0.25, -0.2) is 0 Å². The smallest absolute Gasteiger partial charge is 0.328 e. The van der Waals surface area contributed by atoms with Gasteiger partial charge in [0.1, 0.15) is 0 Å². The molecule has 1 fully saturated rings. The molecule has 2 aliphatic rings. The second-order valence-electron chi connectivity index (χ2n) is 4.54. The molecule has 0 radical (unpaired) electrons. The quantitative estimate of drug-likeness (QED) is 0.384. The van der Waals surface area contributed by atoms with E-state index in [4.69, 9.17) is 9.47 Å². The predicted octanol–water partition coefficient (Wildman–Crippen LogP) is 1.57. The minimum Gasteiger partial charge on any atom is -0.422 e. The van der Waals surface area contributed by atoms with E-state index in [1.54, 1.807) is 32.1 Å². The first-order valence-corrected chi connectivity index (χ1v) is 5.18. The van der Waals surface area contributed by atoms with Crippen LogP contribution >= 0.6 is 0 Å². The fourth-order valence-electron chi connectivity index (χ4n) is 2.15. The van der Waals surface area contributed by atoms with Crippen molar-refractivity contribution in [3.63, 3.8) is 0 Å². The zero-order valence-corrected chi connectivity index (χ0v) is 9.36. The predicted molar refractivity (Wildman–Crippen MR) is 56.1 cm³/mol. The molecular formula is C12H14O4. The van der Waals surface area contributed by atoms with Gasteiger partial charge in [-0.05, 0) is 6.42 Å². The Balaban J connectivity index is 2.39. The number of cyclic esters (lactones) is 2. The summed E-state index contributed by atoms with van der Waals surface area (Å²) < 4.78 is 10.3. The molecule has 1 aliphatic heterocycles. The van der Waals surface area contributed by atoms with E-state index >= 15 is 0 Å². The highest BCUT2D eigenvalue weighted by atomic mass is 16.7. The van der Waals surface area contributed by atoms with Crippen LogP contribution in [0.4, 0.5) is 0 Å². The number of ether oxygens (including phenoxy) is 2. The second kappa shape index (κ2) is 3.20. The van der Waals surface area contributed by atoms with Crippen molar-refractivity contribution in [1.29, 1.82) is 0 Å². The maximum absolute atomic E-state index is 12.0. The molecule has 0 aromatic rings. The first kappa shape index (κ1) is 10.9. The van der Waals surface area contributed by atoms with Crippen molar-refractivity contribution in [1.82, 2.24) is 0 Å². The SMILES string of the molecule is C=CC1C=CCC12C(=O)OC(C)(C)OC2=O. The third kappa shape index (κ3) is 1.29. The van der Waals surface area contributed by atoms with Crippen LogP contribution in [0.15, 0.2) is 24.8 Å². The molecule has 1 atom stereocenters. The highest BCUT2D eigenvalue weighted by Crippen LogP contribution is 2.46. The summed E-state index contributed by atoms with van der Waals surface area (Å²) in [6.45, 7) is 6.72. The first-order chi connectivity index (χ1) is 7.42. The molecule has 0 aromatic carbocycles. The van der Waals surface area contributed by atoms with Gasteiger partial charge < -0.3 is 9.47 Å². The number of hydrogen-bond acceptors (Lipinski definition) is 4. The lowest BCUT2D eigenvalue weighted by molar-refractivity contribution is -0.252. The fraction of sp³-hybridized carbons (Fsp3) is 0.500. The Bertz CT molecular complexity index is 372. The van der Waals surface area contributed by atoms with Gasteiger partial charge >= 0.3 is 11.9 Å². The van der Waals surface area contributed by atoms with E-state index in [2.05, 4.69) is 6.58 Å². The van der Waals surface area contributed by atoms with E-state index < -0.39 is 23.1 Å². The third-order valence-corrected chi connectivity index (χ3v) is 3.01. The Morgan fingerprint density at radius 1 is 1.38 bits per heavy atom. The molecule has 16 heavy (non-hydrogen) atoms. The fourth-order valence-corrected chi connectivity index (χ4v) is 2.15. The van der Waals surface area contributed by atoms with E-state index in [0.717, 1.165) is 0 Å². The van der Waals surface area contributed by atoms with E-state index in [1.807, 2.05) is 0 Å². The number of hydrogen-bond donors (Lipinski definition) is 0. The van der Waals surface area contributed by atoms with Crippen molar-refractivity contribution in [3.05, 3.63) is 24.8 Å². The van der Waals surface area contributed by atoms with Crippen molar-refractivity contribution in [2.24, 2.45) is 11.3 Å². The van der Waals surface area contributed by atoms with Gasteiger partial charge in [0.15, 0.2) is 5.41 Å². The molecule has 0 saturated carbocycles. The van der Waals surface area contributed by atoms with E-state index in [0.29, 0.717) is 6.42 Å². The highest BCUT2D eigenvalue weighted by molar-refractivity contribution is 6.03. The summed E-state index contributed by atoms with van der Waals surface area (Å²) in [5.74, 6) is -2.57. The Morgan fingerprint density at radius 3 is 2.44 bits per heavy atom. The molecule has 4 nitrogen and oxygen atoms in total. The molecule has 0 aromatic heterocycles. The largest absolute Gasteiger partial charge is 0.422 e. The Hall–Kier alpha value is -1.58. The van der Waals surface area contributed by atoms with Crippen LogP contribution < -0.4 is 0 Å². The van der Waals surface area contributed by atoms with Crippen molar-refractivity contribution in [2.45, 2.75) is 26.1 Å². The van der Waals surface area contributed by atoms with Gasteiger partial charge in [0, 0.05) is 19.8 Å². The molecule has 2 rings (SSSR count). The Morgan fingerprint density at radius 2 is 1.94 bits per heavy atom. The van der Waals surface area contributed by atoms with Gasteiger partial charge in [-0.1, -0.05) is 18.2 Å². The maximum atomic E-state index is 12.0. The van der Waals surface area contributed by atoms with Crippen molar-refractivity contribution in [3.8, 4) is 0 Å². The summed E-state index contributed by atoms with van der Waals surface area (Å²) in [5.41, 5.74) is -1.24. The molecule has 86 valence electrons. The summed E-state index contributed by atoms with van der Waals surface area (Å²) in [7, 11) is 0. The first-order valence-electron chi connectivity index (χ1n) is 5.18. The van der Waals surface area contributed by atoms with E-state index in [9.17, 15) is 9.59 Å². The summed E-state index contributed by atoms with van der Waals surface area (Å²) in [6.07, 6.45) is 5.46. The Labute approximate surface area is 93.9 Å². The standard InChI is InChI=1S/C12H14O4/c1-4-8-6-5-7-12(8)9(13)15-11(2,3)16-10(12)14/h4-6,8H,1,7H2,2-3H3. The van der Waals surface area contributed by atoms with Crippen molar-refractivity contribution >= 4 is 11.9 Å². The molecule has 1 saturated heterocycles. The zero-order valence-electron chi connectivity index (χ0n) is 9.36. The third-order valence-electron chi connectivity index (χ3n) is 3.01. The summed E-state index contributed by atoms with van der Waals surface area (Å²) >= 11 is 0. The summed E-state index contributed by atoms with van der Waals surface area (Å²) in [4.78, 5) is 24.0. The summed E-state index contributed by atoms with van der Waals surface area (Å²) in [6, 6.07) is 0. The molecule has 1 unspecified atom stereocenters. The van der Waals surface area contributed by atoms with Gasteiger partial charge in [0.2, 0.25) is 0 Å². The van der Waals surface area contributed by atoms with Gasteiger partial charge in [0.25, 0.3) is 5.79 Å². The number of allylic oxidation sites excluding steroid dienone is 3. The molecule has 4 heteroatoms. The maximum Gasteiger partial charge on any atom is 0.328 e. The molecule has 0 N–H and O–H groups in total. The van der Waals surface area contributed by atoms with Gasteiger partial charge in [-0.15, -0.1) is 6.58 Å². The number of carbonyl (C=O) groups excluding carboxylic acids is 2. The second-order valence-corrected chi connectivity index (χ2v) is 4.54. The molecule has 1 aliphatic carbocycles. The molecule has 0 bridgehead atoms. The van der Waals surface area contributed by atoms with E-state index in [-0.39, 0.29) is 5.92 Å². The highest BCUT2D eigenvalue weighted by Gasteiger charge is 2.60. The van der Waals surface area contributed by atoms with Crippen LogP contribution in [0.3, 0.4) is 0 Å². The lowest BCUT2D eigenvalue weighted by Crippen LogP contribution is -2.55. The molecule has 0 amide bonds. The molecule has 1 spiro atoms. The van der Waals surface area contributed by atoms with Crippen LogP contribution in [0.2, 0.25) is 0 Å². The normalized spacial score (nSPS) is 30.0. The Kier molecular flexibility index (Phi) is 2.19. The lowest BCUT2D eigenvalue weighted by Gasteiger charge is -2.40. The number of esters is 2. The van der Waals surface area contributed by atoms with Crippen LogP contribution in [0, 0.1) is 11.3 Å². The number of carbonyl (C=O) groups is 2. The van der Waals surface area contributed by atoms with Gasteiger partial charge in [-0.2, -0.15) is 0 Å². The molecule has 1 heterocycles. The van der Waals surface area contributed by atoms with Crippen LogP contribution in [0.1, 0.15) is 20.3 Å². The topological polar surface area (TPSA) is 52.6 Å². The van der Waals surface area contributed by atoms with Crippen LogP contribution in [-0.4, -0.2) is 17.7 Å². The minimum atomic E-state index is -1.24. The zero-order chi connectivity index (χ0) is 12.0. The van der Waals surface area contributed by atoms with Crippen molar-refractivity contribution < 1.29 is 19.1 Å². The minimum absolute atomic E-state index is 0.317. The van der Waals surface area contributed by atoms with Crippen LogP contribution in [0.5, 0.6) is 0 Å². The average Bonchev–Trinajstić information content (AvgIpc) is 2.57. The lowest BCUT2D eigenvalue weighted by atomic mass is 9.76. The average molecular weight is 222 g/mol. The van der Waals surface area contributed by atoms with Crippen molar-refractivity contribution in [2.75, 3.05) is 0 Å². The summed E-state index contributed by atoms with van der Waals surface area (Å²) in [5, 5.41) is 0. The number of rotatable bonds is 1.